The number of ether oxygens (including phenoxy) is 1. The highest BCUT2D eigenvalue weighted by molar-refractivity contribution is 6.38. The van der Waals surface area contributed by atoms with Gasteiger partial charge in [-0.05, 0) is 30.2 Å². The van der Waals surface area contributed by atoms with Crippen molar-refractivity contribution in [1.29, 1.82) is 0 Å². The van der Waals surface area contributed by atoms with Gasteiger partial charge in [0.2, 0.25) is 5.95 Å². The van der Waals surface area contributed by atoms with E-state index in [1.807, 2.05) is 30.3 Å². The van der Waals surface area contributed by atoms with Crippen LogP contribution in [0.3, 0.4) is 0 Å². The van der Waals surface area contributed by atoms with Gasteiger partial charge in [0.1, 0.15) is 28.1 Å². The predicted molar refractivity (Wildman–Crippen MR) is 121 cm³/mol. The first-order chi connectivity index (χ1) is 15.8. The zero-order chi connectivity index (χ0) is 24.0. The highest BCUT2D eigenvalue weighted by Gasteiger charge is 2.21. The number of aliphatic carboxylic acids is 1. The minimum atomic E-state index is -1.22. The second kappa shape index (κ2) is 10.8. The summed E-state index contributed by atoms with van der Waals surface area (Å²) in [4.78, 5) is 26.8. The first kappa shape index (κ1) is 24.1. The number of aromatic nitrogens is 1. The van der Waals surface area contributed by atoms with E-state index >= 15 is 0 Å². The minimum Gasteiger partial charge on any atom is -0.507 e. The molecule has 0 fully saturated rings. The maximum atomic E-state index is 14.1. The van der Waals surface area contributed by atoms with Gasteiger partial charge in [-0.15, -0.1) is 0 Å². The monoisotopic (exact) mass is 493 g/mol. The SMILES string of the molecule is O=C(O)CNc1nc(F)c(Cl)c(Oc2ccc(O)c(C(=O)NCCc3ccccc3)c2)c1Cl. The Balaban J connectivity index is 1.77. The number of carboxylic acids is 1. The van der Waals surface area contributed by atoms with Crippen LogP contribution in [0.4, 0.5) is 10.2 Å². The molecule has 0 saturated carbocycles. The second-order valence-corrected chi connectivity index (χ2v) is 7.48. The number of nitrogens with zero attached hydrogens (tertiary/aromatic N) is 1. The van der Waals surface area contributed by atoms with Crippen LogP contribution in [0.25, 0.3) is 0 Å². The number of halogens is 3. The summed E-state index contributed by atoms with van der Waals surface area (Å²) in [5.74, 6) is -3.78. The van der Waals surface area contributed by atoms with Crippen molar-refractivity contribution in [3.63, 3.8) is 0 Å². The largest absolute Gasteiger partial charge is 0.507 e. The van der Waals surface area contributed by atoms with Crippen molar-refractivity contribution in [3.8, 4) is 17.2 Å². The minimum absolute atomic E-state index is 0.0274. The van der Waals surface area contributed by atoms with E-state index in [1.54, 1.807) is 0 Å². The maximum Gasteiger partial charge on any atom is 0.322 e. The number of carbonyl (C=O) groups is 2. The summed E-state index contributed by atoms with van der Waals surface area (Å²) < 4.78 is 19.7. The van der Waals surface area contributed by atoms with Crippen LogP contribution in [0.2, 0.25) is 10.0 Å². The van der Waals surface area contributed by atoms with Gasteiger partial charge in [0.25, 0.3) is 5.91 Å². The van der Waals surface area contributed by atoms with Crippen LogP contribution in [0, 0.1) is 5.95 Å². The lowest BCUT2D eigenvalue weighted by Gasteiger charge is -2.14. The highest BCUT2D eigenvalue weighted by Crippen LogP contribution is 2.41. The van der Waals surface area contributed by atoms with Crippen LogP contribution >= 0.6 is 23.2 Å². The summed E-state index contributed by atoms with van der Waals surface area (Å²) in [6.45, 7) is -0.237. The standard InChI is InChI=1S/C22H18Cl2FN3O5/c23-17-19(18(24)21(28-20(17)25)27-11-16(30)31)33-13-6-7-15(29)14(10-13)22(32)26-9-8-12-4-2-1-3-5-12/h1-7,10,29H,8-9,11H2,(H,26,32)(H,27,28)(H,30,31). The van der Waals surface area contributed by atoms with E-state index in [2.05, 4.69) is 15.6 Å². The van der Waals surface area contributed by atoms with Gasteiger partial charge in [-0.2, -0.15) is 9.37 Å². The van der Waals surface area contributed by atoms with Gasteiger partial charge in [0, 0.05) is 6.54 Å². The van der Waals surface area contributed by atoms with Crippen molar-refractivity contribution >= 4 is 40.9 Å². The van der Waals surface area contributed by atoms with Crippen LogP contribution in [0.15, 0.2) is 48.5 Å². The van der Waals surface area contributed by atoms with E-state index in [0.717, 1.165) is 5.56 Å². The molecule has 11 heteroatoms. The topological polar surface area (TPSA) is 121 Å². The van der Waals surface area contributed by atoms with Gasteiger partial charge in [-0.25, -0.2) is 0 Å². The number of benzene rings is 2. The third kappa shape index (κ3) is 6.24. The van der Waals surface area contributed by atoms with Crippen LogP contribution in [-0.4, -0.2) is 40.2 Å². The third-order valence-corrected chi connectivity index (χ3v) is 5.06. The molecule has 0 atom stereocenters. The molecule has 1 amide bonds. The molecule has 0 aliphatic heterocycles. The number of phenolic OH excluding ortho intramolecular Hbond substituents is 1. The Morgan fingerprint density at radius 2 is 1.82 bits per heavy atom. The Bertz CT molecular complexity index is 1180. The summed E-state index contributed by atoms with van der Waals surface area (Å²) in [5.41, 5.74) is 0.960. The Morgan fingerprint density at radius 1 is 1.09 bits per heavy atom. The molecule has 8 nitrogen and oxygen atoms in total. The average Bonchev–Trinajstić information content (AvgIpc) is 2.79. The van der Waals surface area contributed by atoms with E-state index in [4.69, 9.17) is 33.0 Å². The normalized spacial score (nSPS) is 10.5. The van der Waals surface area contributed by atoms with Gasteiger partial charge in [0.15, 0.2) is 11.6 Å². The van der Waals surface area contributed by atoms with Gasteiger partial charge in [-0.1, -0.05) is 53.5 Å². The Hall–Kier alpha value is -3.56. The molecule has 0 bridgehead atoms. The van der Waals surface area contributed by atoms with Gasteiger partial charge >= 0.3 is 5.97 Å². The van der Waals surface area contributed by atoms with Crippen molar-refractivity contribution in [2.45, 2.75) is 6.42 Å². The molecule has 4 N–H and O–H groups in total. The molecule has 2 aromatic carbocycles. The number of pyridine rings is 1. The van der Waals surface area contributed by atoms with E-state index in [-0.39, 0.29) is 33.7 Å². The number of phenols is 1. The first-order valence-corrected chi connectivity index (χ1v) is 10.3. The lowest BCUT2D eigenvalue weighted by atomic mass is 10.1. The fraction of sp³-hybridized carbons (Fsp3) is 0.136. The Labute approximate surface area is 197 Å². The van der Waals surface area contributed by atoms with E-state index in [1.165, 1.54) is 18.2 Å². The van der Waals surface area contributed by atoms with E-state index in [0.29, 0.717) is 13.0 Å². The van der Waals surface area contributed by atoms with Crippen LogP contribution in [-0.2, 0) is 11.2 Å². The fourth-order valence-corrected chi connectivity index (χ4v) is 3.26. The summed E-state index contributed by atoms with van der Waals surface area (Å²) in [6, 6.07) is 13.3. The summed E-state index contributed by atoms with van der Waals surface area (Å²) in [6.07, 6.45) is 0.594. The molecule has 3 aromatic rings. The molecule has 0 saturated heterocycles. The summed E-state index contributed by atoms with van der Waals surface area (Å²) >= 11 is 12.1. The first-order valence-electron chi connectivity index (χ1n) is 9.59. The predicted octanol–water partition coefficient (Wildman–Crippen LogP) is 4.49. The number of hydrogen-bond acceptors (Lipinski definition) is 6. The number of amides is 1. The third-order valence-electron chi connectivity index (χ3n) is 4.38. The second-order valence-electron chi connectivity index (χ2n) is 6.73. The Kier molecular flexibility index (Phi) is 7.92. The molecule has 1 heterocycles. The van der Waals surface area contributed by atoms with Crippen LogP contribution in [0.5, 0.6) is 17.2 Å². The number of rotatable bonds is 9. The Morgan fingerprint density at radius 3 is 2.52 bits per heavy atom. The summed E-state index contributed by atoms with van der Waals surface area (Å²) in [7, 11) is 0. The molecule has 1 aromatic heterocycles. The molecule has 0 aliphatic rings. The molecule has 0 unspecified atom stereocenters. The molecular formula is C22H18Cl2FN3O5. The highest BCUT2D eigenvalue weighted by atomic mass is 35.5. The zero-order valence-electron chi connectivity index (χ0n) is 16.9. The molecule has 0 aliphatic carbocycles. The van der Waals surface area contributed by atoms with Crippen molar-refractivity contribution in [2.24, 2.45) is 0 Å². The molecule has 3 rings (SSSR count). The van der Waals surface area contributed by atoms with Gasteiger partial charge in [0.05, 0.1) is 5.56 Å². The maximum absolute atomic E-state index is 14.1. The van der Waals surface area contributed by atoms with Crippen LogP contribution in [0.1, 0.15) is 15.9 Å². The van der Waals surface area contributed by atoms with Crippen molar-refractivity contribution in [1.82, 2.24) is 10.3 Å². The summed E-state index contributed by atoms with van der Waals surface area (Å²) in [5, 5.41) is 23.1. The zero-order valence-corrected chi connectivity index (χ0v) is 18.5. The van der Waals surface area contributed by atoms with Crippen molar-refractivity contribution < 1.29 is 28.9 Å². The number of aromatic hydroxyl groups is 1. The van der Waals surface area contributed by atoms with E-state index in [9.17, 15) is 19.1 Å². The number of carboxylic acid groups (broad SMARTS) is 1. The number of hydrogen-bond donors (Lipinski definition) is 4. The molecular weight excluding hydrogens is 476 g/mol. The van der Waals surface area contributed by atoms with Crippen molar-refractivity contribution in [3.05, 3.63) is 75.7 Å². The van der Waals surface area contributed by atoms with E-state index < -0.39 is 29.4 Å². The number of carbonyl (C=O) groups excluding carboxylic acids is 1. The smallest absolute Gasteiger partial charge is 0.322 e. The molecule has 33 heavy (non-hydrogen) atoms. The average molecular weight is 494 g/mol. The quantitative estimate of drug-likeness (QED) is 0.324. The van der Waals surface area contributed by atoms with Crippen molar-refractivity contribution in [2.75, 3.05) is 18.4 Å². The number of anilines is 1. The fourth-order valence-electron chi connectivity index (χ4n) is 2.80. The van der Waals surface area contributed by atoms with Gasteiger partial charge < -0.3 is 25.6 Å². The van der Waals surface area contributed by atoms with Gasteiger partial charge in [-0.3, -0.25) is 9.59 Å². The molecule has 172 valence electrons. The molecule has 0 radical (unpaired) electrons. The van der Waals surface area contributed by atoms with Crippen LogP contribution < -0.4 is 15.4 Å². The molecule has 0 spiro atoms. The lowest BCUT2D eigenvalue weighted by molar-refractivity contribution is -0.134. The number of nitrogens with one attached hydrogen (secondary N) is 2. The lowest BCUT2D eigenvalue weighted by Crippen LogP contribution is -2.25.